The molecule has 2 fully saturated rings. The summed E-state index contributed by atoms with van der Waals surface area (Å²) in [5, 5.41) is 3.13. The van der Waals surface area contributed by atoms with E-state index in [1.165, 1.54) is 24.0 Å². The number of amides is 1. The van der Waals surface area contributed by atoms with Crippen LogP contribution in [-0.4, -0.2) is 17.5 Å². The monoisotopic (exact) mass is 392 g/mol. The number of aromatic nitrogens is 1. The van der Waals surface area contributed by atoms with Crippen molar-refractivity contribution >= 4 is 5.91 Å². The summed E-state index contributed by atoms with van der Waals surface area (Å²) in [7, 11) is 0. The first kappa shape index (κ1) is 19.9. The van der Waals surface area contributed by atoms with Crippen molar-refractivity contribution in [3.05, 3.63) is 59.4 Å². The van der Waals surface area contributed by atoms with Crippen LogP contribution in [0.25, 0.3) is 0 Å². The van der Waals surface area contributed by atoms with E-state index in [0.29, 0.717) is 5.92 Å². The van der Waals surface area contributed by atoms with Crippen molar-refractivity contribution in [2.75, 3.05) is 6.61 Å². The zero-order valence-electron chi connectivity index (χ0n) is 17.9. The molecule has 1 heterocycles. The molecule has 2 saturated carbocycles. The van der Waals surface area contributed by atoms with Gasteiger partial charge >= 0.3 is 0 Å². The molecular weight excluding hydrogens is 360 g/mol. The van der Waals surface area contributed by atoms with E-state index >= 15 is 0 Å². The molecule has 0 spiro atoms. The Morgan fingerprint density at radius 3 is 2.48 bits per heavy atom. The van der Waals surface area contributed by atoms with Gasteiger partial charge in [0.05, 0.1) is 24.5 Å². The maximum atomic E-state index is 12.7. The summed E-state index contributed by atoms with van der Waals surface area (Å²) >= 11 is 0. The molecule has 1 aromatic heterocycles. The number of nitrogens with one attached hydrogen (secondary N) is 1. The highest BCUT2D eigenvalue weighted by molar-refractivity contribution is 5.83. The molecule has 2 aromatic rings. The summed E-state index contributed by atoms with van der Waals surface area (Å²) in [5.41, 5.74) is 3.61. The Bertz CT molecular complexity index is 848. The average Bonchev–Trinajstić information content (AvgIpc) is 3.60. The molecule has 0 unspecified atom stereocenters. The topological polar surface area (TPSA) is 51.2 Å². The van der Waals surface area contributed by atoms with E-state index in [2.05, 4.69) is 55.3 Å². The highest BCUT2D eigenvalue weighted by Crippen LogP contribution is 2.48. The fraction of sp³-hybridized carbons (Fsp3) is 0.520. The first-order valence-corrected chi connectivity index (χ1v) is 10.8. The van der Waals surface area contributed by atoms with E-state index in [4.69, 9.17) is 4.74 Å². The molecule has 4 nitrogen and oxygen atoms in total. The number of ether oxygens (including phenoxy) is 1. The molecule has 2 aliphatic rings. The molecule has 1 N–H and O–H groups in total. The van der Waals surface area contributed by atoms with Gasteiger partial charge in [0.1, 0.15) is 5.75 Å². The number of nitrogens with zero attached hydrogens (tertiary/aromatic N) is 1. The number of hydrogen-bond donors (Lipinski definition) is 1. The van der Waals surface area contributed by atoms with Crippen LogP contribution >= 0.6 is 0 Å². The van der Waals surface area contributed by atoms with Crippen molar-refractivity contribution in [2.24, 2.45) is 11.8 Å². The first-order valence-electron chi connectivity index (χ1n) is 10.8. The Morgan fingerprint density at radius 1 is 1.17 bits per heavy atom. The minimum atomic E-state index is -0.107. The molecule has 4 rings (SSSR count). The predicted octanol–water partition coefficient (Wildman–Crippen LogP) is 5.15. The molecule has 4 heteroatoms. The van der Waals surface area contributed by atoms with Gasteiger partial charge in [0.15, 0.2) is 0 Å². The number of hydrogen-bond acceptors (Lipinski definition) is 3. The van der Waals surface area contributed by atoms with Crippen molar-refractivity contribution in [3.8, 4) is 5.75 Å². The van der Waals surface area contributed by atoms with Crippen molar-refractivity contribution in [1.82, 2.24) is 10.3 Å². The lowest BCUT2D eigenvalue weighted by molar-refractivity contribution is -0.123. The normalized spacial score (nSPS) is 22.1. The molecule has 0 radical (unpaired) electrons. The van der Waals surface area contributed by atoms with E-state index in [1.807, 2.05) is 19.1 Å². The number of pyridine rings is 1. The van der Waals surface area contributed by atoms with Crippen LogP contribution in [0, 0.1) is 11.8 Å². The molecule has 1 aromatic carbocycles. The van der Waals surface area contributed by atoms with Crippen LogP contribution in [0.4, 0.5) is 0 Å². The van der Waals surface area contributed by atoms with E-state index in [-0.39, 0.29) is 23.3 Å². The van der Waals surface area contributed by atoms with Gasteiger partial charge in [0.2, 0.25) is 5.91 Å². The Kier molecular flexibility index (Phi) is 5.37. The highest BCUT2D eigenvalue weighted by Gasteiger charge is 2.44. The van der Waals surface area contributed by atoms with Crippen molar-refractivity contribution in [2.45, 2.75) is 64.3 Å². The van der Waals surface area contributed by atoms with Gasteiger partial charge in [-0.25, -0.2) is 0 Å². The van der Waals surface area contributed by atoms with Gasteiger partial charge in [-0.1, -0.05) is 45.0 Å². The fourth-order valence-corrected chi connectivity index (χ4v) is 3.71. The number of benzene rings is 1. The minimum Gasteiger partial charge on any atom is -0.492 e. The Morgan fingerprint density at radius 2 is 1.90 bits per heavy atom. The van der Waals surface area contributed by atoms with Gasteiger partial charge in [-0.05, 0) is 66.7 Å². The van der Waals surface area contributed by atoms with E-state index in [9.17, 15) is 4.79 Å². The molecule has 0 saturated heterocycles. The maximum absolute atomic E-state index is 12.7. The summed E-state index contributed by atoms with van der Waals surface area (Å²) < 4.78 is 5.74. The van der Waals surface area contributed by atoms with Crippen molar-refractivity contribution in [1.29, 1.82) is 0 Å². The van der Waals surface area contributed by atoms with Gasteiger partial charge in [0, 0.05) is 5.92 Å². The second-order valence-corrected chi connectivity index (χ2v) is 9.72. The van der Waals surface area contributed by atoms with Crippen LogP contribution in [0.2, 0.25) is 0 Å². The minimum absolute atomic E-state index is 0.0686. The van der Waals surface area contributed by atoms with Crippen molar-refractivity contribution < 1.29 is 9.53 Å². The first-order chi connectivity index (χ1) is 13.8. The Labute approximate surface area is 174 Å². The zero-order valence-corrected chi connectivity index (χ0v) is 17.9. The number of rotatable bonds is 7. The van der Waals surface area contributed by atoms with Gasteiger partial charge in [-0.2, -0.15) is 0 Å². The summed E-state index contributed by atoms with van der Waals surface area (Å²) in [4.78, 5) is 17.2. The average molecular weight is 393 g/mol. The summed E-state index contributed by atoms with van der Waals surface area (Å²) in [6, 6.07) is 12.6. The van der Waals surface area contributed by atoms with Crippen LogP contribution < -0.4 is 10.1 Å². The lowest BCUT2D eigenvalue weighted by Crippen LogP contribution is -2.29. The third-order valence-electron chi connectivity index (χ3n) is 6.08. The maximum Gasteiger partial charge on any atom is 0.224 e. The van der Waals surface area contributed by atoms with Crippen LogP contribution in [0.5, 0.6) is 5.75 Å². The predicted molar refractivity (Wildman–Crippen MR) is 115 cm³/mol. The van der Waals surface area contributed by atoms with E-state index in [1.54, 1.807) is 6.20 Å². The van der Waals surface area contributed by atoms with Gasteiger partial charge in [-0.15, -0.1) is 0 Å². The quantitative estimate of drug-likeness (QED) is 0.709. The van der Waals surface area contributed by atoms with Crippen LogP contribution in [-0.2, 0) is 10.2 Å². The van der Waals surface area contributed by atoms with E-state index in [0.717, 1.165) is 30.4 Å². The lowest BCUT2D eigenvalue weighted by Gasteiger charge is -2.19. The molecule has 2 aliphatic carbocycles. The molecule has 1 amide bonds. The van der Waals surface area contributed by atoms with Crippen LogP contribution in [0.3, 0.4) is 0 Å². The van der Waals surface area contributed by atoms with Gasteiger partial charge in [-0.3, -0.25) is 9.78 Å². The summed E-state index contributed by atoms with van der Waals surface area (Å²) in [6.45, 7) is 9.43. The standard InChI is InChI=1S/C25H32N2O2/c1-16(23-12-11-20(14-26-23)29-15-17-5-6-17)27-24(28)22-13-21(22)18-7-9-19(10-8-18)25(2,3)4/h7-12,14,16-17,21-22H,5-6,13,15H2,1-4H3,(H,27,28)/t16-,21+,22-/m1/s1. The smallest absolute Gasteiger partial charge is 0.224 e. The van der Waals surface area contributed by atoms with Gasteiger partial charge < -0.3 is 10.1 Å². The number of carbonyl (C=O) groups is 1. The lowest BCUT2D eigenvalue weighted by atomic mass is 9.86. The molecule has 0 aliphatic heterocycles. The third-order valence-corrected chi connectivity index (χ3v) is 6.08. The SMILES string of the molecule is C[C@@H](NC(=O)[C@@H]1C[C@H]1c1ccc(C(C)(C)C)cc1)c1ccc(OCC2CC2)cn1. The largest absolute Gasteiger partial charge is 0.492 e. The second kappa shape index (κ2) is 7.81. The molecule has 3 atom stereocenters. The molecular formula is C25H32N2O2. The molecule has 29 heavy (non-hydrogen) atoms. The molecule has 0 bridgehead atoms. The van der Waals surface area contributed by atoms with E-state index < -0.39 is 0 Å². The Hall–Kier alpha value is -2.36. The van der Waals surface area contributed by atoms with Crippen molar-refractivity contribution in [3.63, 3.8) is 0 Å². The number of carbonyl (C=O) groups excluding carboxylic acids is 1. The third kappa shape index (κ3) is 4.98. The summed E-state index contributed by atoms with van der Waals surface area (Å²) in [6.07, 6.45) is 5.24. The Balaban J connectivity index is 1.29. The second-order valence-electron chi connectivity index (χ2n) is 9.72. The fourth-order valence-electron chi connectivity index (χ4n) is 3.71. The summed E-state index contributed by atoms with van der Waals surface area (Å²) in [5.74, 6) is 2.06. The highest BCUT2D eigenvalue weighted by atomic mass is 16.5. The van der Waals surface area contributed by atoms with Gasteiger partial charge in [0.25, 0.3) is 0 Å². The van der Waals surface area contributed by atoms with Crippen LogP contribution in [0.15, 0.2) is 42.6 Å². The zero-order chi connectivity index (χ0) is 20.6. The van der Waals surface area contributed by atoms with Crippen LogP contribution in [0.1, 0.15) is 75.7 Å². The molecule has 154 valence electrons.